The van der Waals surface area contributed by atoms with Crippen LogP contribution < -0.4 is 16.6 Å². The average molecular weight is 206 g/mol. The van der Waals surface area contributed by atoms with E-state index in [-0.39, 0.29) is 5.91 Å². The van der Waals surface area contributed by atoms with Crippen LogP contribution in [0.15, 0.2) is 29.3 Å². The van der Waals surface area contributed by atoms with E-state index in [0.29, 0.717) is 6.54 Å². The van der Waals surface area contributed by atoms with Crippen LogP contribution in [0.4, 0.5) is 5.69 Å². The van der Waals surface area contributed by atoms with Crippen LogP contribution in [0.25, 0.3) is 0 Å². The van der Waals surface area contributed by atoms with Gasteiger partial charge in [0.05, 0.1) is 12.9 Å². The van der Waals surface area contributed by atoms with Crippen molar-refractivity contribution >= 4 is 17.9 Å². The van der Waals surface area contributed by atoms with Gasteiger partial charge >= 0.3 is 0 Å². The van der Waals surface area contributed by atoms with Crippen LogP contribution in [0.1, 0.15) is 12.5 Å². The molecular weight excluding hydrogens is 192 g/mol. The van der Waals surface area contributed by atoms with Crippen molar-refractivity contribution < 1.29 is 4.79 Å². The van der Waals surface area contributed by atoms with Gasteiger partial charge in [0.2, 0.25) is 5.91 Å². The van der Waals surface area contributed by atoms with Gasteiger partial charge in [0.25, 0.3) is 0 Å². The number of nitrogens with one attached hydrogen (secondary N) is 2. The third-order valence-electron chi connectivity index (χ3n) is 1.69. The summed E-state index contributed by atoms with van der Waals surface area (Å²) in [5, 5.41) is 2.70. The number of hydrogen-bond acceptors (Lipinski definition) is 3. The van der Waals surface area contributed by atoms with Crippen LogP contribution in [0.2, 0.25) is 0 Å². The standard InChI is InChI=1S/C10H14N4O/c1-8(15)14-10-4-2-3-9(5-10)6-12-7-13-11/h2-5,7H,6,11H2,1H3,(H,12,13)(H,14,15). The van der Waals surface area contributed by atoms with Gasteiger partial charge in [-0.05, 0) is 17.7 Å². The topological polar surface area (TPSA) is 79.5 Å². The highest BCUT2D eigenvalue weighted by Crippen LogP contribution is 2.11. The van der Waals surface area contributed by atoms with Gasteiger partial charge in [-0.3, -0.25) is 9.79 Å². The molecule has 0 heterocycles. The highest BCUT2D eigenvalue weighted by Gasteiger charge is 1.96. The van der Waals surface area contributed by atoms with Crippen molar-refractivity contribution in [2.24, 2.45) is 10.8 Å². The molecule has 0 saturated heterocycles. The number of hydrogen-bond donors (Lipinski definition) is 3. The van der Waals surface area contributed by atoms with Crippen molar-refractivity contribution in [1.29, 1.82) is 0 Å². The van der Waals surface area contributed by atoms with Crippen LogP contribution >= 0.6 is 0 Å². The Labute approximate surface area is 88.4 Å². The zero-order valence-corrected chi connectivity index (χ0v) is 8.53. The number of nitrogens with zero attached hydrogens (tertiary/aromatic N) is 1. The number of carbonyl (C=O) groups is 1. The Morgan fingerprint density at radius 2 is 2.40 bits per heavy atom. The molecule has 5 heteroatoms. The third-order valence-corrected chi connectivity index (χ3v) is 1.69. The Bertz CT molecular complexity index is 362. The van der Waals surface area contributed by atoms with E-state index in [2.05, 4.69) is 15.7 Å². The Kier molecular flexibility index (Phi) is 4.30. The van der Waals surface area contributed by atoms with Gasteiger partial charge < -0.3 is 10.7 Å². The van der Waals surface area contributed by atoms with Crippen molar-refractivity contribution in [3.8, 4) is 0 Å². The lowest BCUT2D eigenvalue weighted by molar-refractivity contribution is -0.114. The van der Waals surface area contributed by atoms with E-state index in [0.717, 1.165) is 11.3 Å². The lowest BCUT2D eigenvalue weighted by atomic mass is 10.2. The molecule has 0 radical (unpaired) electrons. The molecule has 0 spiro atoms. The fourth-order valence-electron chi connectivity index (χ4n) is 1.15. The summed E-state index contributed by atoms with van der Waals surface area (Å²) < 4.78 is 0. The van der Waals surface area contributed by atoms with Crippen LogP contribution in [0, 0.1) is 0 Å². The van der Waals surface area contributed by atoms with Gasteiger partial charge in [-0.15, -0.1) is 0 Å². The number of nitrogens with two attached hydrogens (primary N) is 1. The van der Waals surface area contributed by atoms with E-state index in [1.165, 1.54) is 13.3 Å². The van der Waals surface area contributed by atoms with E-state index in [1.807, 2.05) is 24.3 Å². The molecule has 0 bridgehead atoms. The van der Waals surface area contributed by atoms with Crippen molar-refractivity contribution in [2.45, 2.75) is 13.5 Å². The molecule has 0 unspecified atom stereocenters. The summed E-state index contributed by atoms with van der Waals surface area (Å²) in [5.41, 5.74) is 4.10. The van der Waals surface area contributed by atoms with Gasteiger partial charge in [-0.25, -0.2) is 5.84 Å². The molecule has 1 aromatic carbocycles. The minimum atomic E-state index is -0.0840. The molecule has 15 heavy (non-hydrogen) atoms. The zero-order chi connectivity index (χ0) is 11.1. The number of carbonyl (C=O) groups excluding carboxylic acids is 1. The smallest absolute Gasteiger partial charge is 0.221 e. The molecule has 1 aromatic rings. The first-order valence-corrected chi connectivity index (χ1v) is 4.53. The predicted molar refractivity (Wildman–Crippen MR) is 60.3 cm³/mol. The average Bonchev–Trinajstić information content (AvgIpc) is 2.18. The summed E-state index contributed by atoms with van der Waals surface area (Å²) in [4.78, 5) is 14.8. The second-order valence-corrected chi connectivity index (χ2v) is 3.02. The second kappa shape index (κ2) is 5.77. The highest BCUT2D eigenvalue weighted by molar-refractivity contribution is 5.88. The Morgan fingerprint density at radius 1 is 1.60 bits per heavy atom. The van der Waals surface area contributed by atoms with E-state index < -0.39 is 0 Å². The van der Waals surface area contributed by atoms with Crippen LogP contribution in [-0.2, 0) is 11.3 Å². The lowest BCUT2D eigenvalue weighted by Crippen LogP contribution is -2.19. The summed E-state index contributed by atoms with van der Waals surface area (Å²) >= 11 is 0. The van der Waals surface area contributed by atoms with Crippen molar-refractivity contribution in [1.82, 2.24) is 5.43 Å². The first kappa shape index (κ1) is 11.2. The number of amides is 1. The fourth-order valence-corrected chi connectivity index (χ4v) is 1.15. The SMILES string of the molecule is CC(=O)Nc1cccc(CN=CNN)c1. The zero-order valence-electron chi connectivity index (χ0n) is 8.53. The summed E-state index contributed by atoms with van der Waals surface area (Å²) in [6.07, 6.45) is 1.42. The minimum absolute atomic E-state index is 0.0840. The molecule has 0 atom stereocenters. The molecule has 0 fully saturated rings. The monoisotopic (exact) mass is 206 g/mol. The predicted octanol–water partition coefficient (Wildman–Crippen LogP) is 0.637. The summed E-state index contributed by atoms with van der Waals surface area (Å²) in [6, 6.07) is 7.50. The number of aliphatic imine (C=N–C) groups is 1. The maximum atomic E-state index is 10.8. The van der Waals surface area contributed by atoms with Gasteiger partial charge in [0.15, 0.2) is 0 Å². The summed E-state index contributed by atoms with van der Waals surface area (Å²) in [5.74, 6) is 4.95. The maximum Gasteiger partial charge on any atom is 0.221 e. The van der Waals surface area contributed by atoms with Crippen molar-refractivity contribution in [3.63, 3.8) is 0 Å². The molecule has 0 saturated carbocycles. The molecule has 1 amide bonds. The second-order valence-electron chi connectivity index (χ2n) is 3.02. The number of hydrazine groups is 1. The Balaban J connectivity index is 2.65. The lowest BCUT2D eigenvalue weighted by Gasteiger charge is -2.03. The Hall–Kier alpha value is -1.88. The van der Waals surface area contributed by atoms with Crippen LogP contribution in [-0.4, -0.2) is 12.2 Å². The molecule has 1 rings (SSSR count). The normalized spacial score (nSPS) is 10.3. The van der Waals surface area contributed by atoms with Crippen molar-refractivity contribution in [3.05, 3.63) is 29.8 Å². The largest absolute Gasteiger partial charge is 0.326 e. The van der Waals surface area contributed by atoms with Gasteiger partial charge in [0.1, 0.15) is 0 Å². The van der Waals surface area contributed by atoms with Gasteiger partial charge in [-0.2, -0.15) is 0 Å². The summed E-state index contributed by atoms with van der Waals surface area (Å²) in [7, 11) is 0. The number of rotatable bonds is 4. The number of benzene rings is 1. The highest BCUT2D eigenvalue weighted by atomic mass is 16.1. The molecule has 0 aliphatic rings. The fraction of sp³-hybridized carbons (Fsp3) is 0.200. The Morgan fingerprint density at radius 3 is 3.07 bits per heavy atom. The van der Waals surface area contributed by atoms with Gasteiger partial charge in [-0.1, -0.05) is 12.1 Å². The van der Waals surface area contributed by atoms with Crippen LogP contribution in [0.3, 0.4) is 0 Å². The third kappa shape index (κ3) is 4.24. The van der Waals surface area contributed by atoms with E-state index >= 15 is 0 Å². The first-order chi connectivity index (χ1) is 7.22. The van der Waals surface area contributed by atoms with E-state index in [1.54, 1.807) is 0 Å². The quantitative estimate of drug-likeness (QED) is 0.293. The summed E-state index contributed by atoms with van der Waals surface area (Å²) in [6.45, 7) is 2.00. The van der Waals surface area contributed by atoms with Crippen LogP contribution in [0.5, 0.6) is 0 Å². The molecule has 0 aliphatic carbocycles. The molecule has 0 aliphatic heterocycles. The molecular formula is C10H14N4O. The minimum Gasteiger partial charge on any atom is -0.326 e. The maximum absolute atomic E-state index is 10.8. The number of anilines is 1. The molecule has 0 aromatic heterocycles. The van der Waals surface area contributed by atoms with E-state index in [9.17, 15) is 4.79 Å². The van der Waals surface area contributed by atoms with E-state index in [4.69, 9.17) is 5.84 Å². The van der Waals surface area contributed by atoms with Gasteiger partial charge in [0, 0.05) is 12.6 Å². The molecule has 5 nitrogen and oxygen atoms in total. The van der Waals surface area contributed by atoms with Crippen molar-refractivity contribution in [2.75, 3.05) is 5.32 Å². The molecule has 4 N–H and O–H groups in total. The molecule has 80 valence electrons. The first-order valence-electron chi connectivity index (χ1n) is 4.53.